The first kappa shape index (κ1) is 20.0. The Morgan fingerprint density at radius 1 is 0.960 bits per heavy atom. The van der Waals surface area contributed by atoms with E-state index in [0.717, 1.165) is 0 Å². The topological polar surface area (TPSA) is 72.5 Å². The molecule has 0 bridgehead atoms. The Balaban J connectivity index is 1.87. The van der Waals surface area contributed by atoms with E-state index in [2.05, 4.69) is 4.72 Å². The van der Waals surface area contributed by atoms with Gasteiger partial charge in [0.1, 0.15) is 11.5 Å². The lowest BCUT2D eigenvalue weighted by Gasteiger charge is -2.10. The van der Waals surface area contributed by atoms with Crippen molar-refractivity contribution in [2.45, 2.75) is 17.9 Å². The maximum absolute atomic E-state index is 12.2. The van der Waals surface area contributed by atoms with Crippen molar-refractivity contribution in [3.8, 4) is 0 Å². The average Bonchev–Trinajstić information content (AvgIpc) is 2.53. The first-order valence-electron chi connectivity index (χ1n) is 7.14. The summed E-state index contributed by atoms with van der Waals surface area (Å²) in [6.07, 6.45) is -0.147. The number of hydrogen-bond acceptors (Lipinski definition) is 4. The normalized spacial score (nSPS) is 11.3. The molecule has 0 amide bonds. The second kappa shape index (κ2) is 8.87. The second-order valence-corrected chi connectivity index (χ2v) is 7.88. The van der Waals surface area contributed by atoms with Crippen molar-refractivity contribution in [3.05, 3.63) is 63.1 Å². The number of ether oxygens (including phenoxy) is 1. The standard InChI is InChI=1S/C16H14Cl3NO4S/c17-12-5-2-1-4-11(12)10-24-15(21)8-9-20-25(22,23)16-13(18)6-3-7-14(16)19/h1-7,20H,8-10H2. The third kappa shape index (κ3) is 5.59. The van der Waals surface area contributed by atoms with Crippen LogP contribution in [0.1, 0.15) is 12.0 Å². The van der Waals surface area contributed by atoms with Gasteiger partial charge in [-0.1, -0.05) is 59.1 Å². The molecule has 5 nitrogen and oxygen atoms in total. The fourth-order valence-electron chi connectivity index (χ4n) is 1.94. The molecule has 0 unspecified atom stereocenters. The molecule has 0 saturated carbocycles. The molecule has 134 valence electrons. The third-order valence-electron chi connectivity index (χ3n) is 3.16. The molecule has 0 atom stereocenters. The molecule has 0 aliphatic rings. The highest BCUT2D eigenvalue weighted by molar-refractivity contribution is 7.89. The van der Waals surface area contributed by atoms with Gasteiger partial charge >= 0.3 is 5.97 Å². The molecule has 0 radical (unpaired) electrons. The minimum absolute atomic E-state index is 0.00120. The lowest BCUT2D eigenvalue weighted by Crippen LogP contribution is -2.27. The quantitative estimate of drug-likeness (QED) is 0.683. The zero-order valence-electron chi connectivity index (χ0n) is 12.8. The van der Waals surface area contributed by atoms with Crippen LogP contribution in [0.4, 0.5) is 0 Å². The molecular formula is C16H14Cl3NO4S. The number of carbonyl (C=O) groups is 1. The van der Waals surface area contributed by atoms with E-state index in [4.69, 9.17) is 39.5 Å². The van der Waals surface area contributed by atoms with Crippen molar-refractivity contribution in [2.75, 3.05) is 6.54 Å². The van der Waals surface area contributed by atoms with Crippen LogP contribution in [0.15, 0.2) is 47.4 Å². The largest absolute Gasteiger partial charge is 0.461 e. The Morgan fingerprint density at radius 3 is 2.20 bits per heavy atom. The summed E-state index contributed by atoms with van der Waals surface area (Å²) in [5, 5.41) is 0.493. The minimum atomic E-state index is -3.93. The summed E-state index contributed by atoms with van der Waals surface area (Å²) in [6.45, 7) is -0.132. The molecule has 0 aliphatic carbocycles. The van der Waals surface area contributed by atoms with Crippen LogP contribution in [0.25, 0.3) is 0 Å². The summed E-state index contributed by atoms with van der Waals surface area (Å²) >= 11 is 17.7. The number of hydrogen-bond donors (Lipinski definition) is 1. The number of sulfonamides is 1. The smallest absolute Gasteiger partial charge is 0.307 e. The fraction of sp³-hybridized carbons (Fsp3) is 0.188. The number of carbonyl (C=O) groups excluding carboxylic acids is 1. The lowest BCUT2D eigenvalue weighted by molar-refractivity contribution is -0.144. The van der Waals surface area contributed by atoms with Gasteiger partial charge in [-0.25, -0.2) is 13.1 Å². The summed E-state index contributed by atoms with van der Waals surface area (Å²) < 4.78 is 31.8. The van der Waals surface area contributed by atoms with E-state index < -0.39 is 16.0 Å². The molecule has 0 aliphatic heterocycles. The van der Waals surface area contributed by atoms with Crippen molar-refractivity contribution in [1.82, 2.24) is 4.72 Å². The molecule has 1 N–H and O–H groups in total. The summed E-state index contributed by atoms with van der Waals surface area (Å²) in [4.78, 5) is 11.5. The maximum Gasteiger partial charge on any atom is 0.307 e. The van der Waals surface area contributed by atoms with E-state index in [9.17, 15) is 13.2 Å². The van der Waals surface area contributed by atoms with Crippen LogP contribution in [-0.4, -0.2) is 20.9 Å². The first-order valence-corrected chi connectivity index (χ1v) is 9.75. The highest BCUT2D eigenvalue weighted by Crippen LogP contribution is 2.28. The molecule has 0 aromatic heterocycles. The average molecular weight is 423 g/mol. The predicted octanol–water partition coefficient (Wildman–Crippen LogP) is 4.06. The summed E-state index contributed by atoms with van der Waals surface area (Å²) in [5.41, 5.74) is 0.668. The number of nitrogens with one attached hydrogen (secondary N) is 1. The van der Waals surface area contributed by atoms with Crippen LogP contribution >= 0.6 is 34.8 Å². The highest BCUT2D eigenvalue weighted by atomic mass is 35.5. The van der Waals surface area contributed by atoms with Crippen molar-refractivity contribution in [3.63, 3.8) is 0 Å². The third-order valence-corrected chi connectivity index (χ3v) is 5.94. The van der Waals surface area contributed by atoms with Gasteiger partial charge in [0.05, 0.1) is 16.5 Å². The van der Waals surface area contributed by atoms with E-state index in [1.165, 1.54) is 18.2 Å². The van der Waals surface area contributed by atoms with Gasteiger partial charge in [-0.2, -0.15) is 0 Å². The van der Waals surface area contributed by atoms with E-state index in [0.29, 0.717) is 10.6 Å². The molecule has 0 heterocycles. The van der Waals surface area contributed by atoms with Crippen LogP contribution < -0.4 is 4.72 Å². The van der Waals surface area contributed by atoms with Gasteiger partial charge < -0.3 is 4.74 Å². The Labute approximate surface area is 160 Å². The molecular weight excluding hydrogens is 409 g/mol. The zero-order valence-corrected chi connectivity index (χ0v) is 15.9. The van der Waals surface area contributed by atoms with Crippen molar-refractivity contribution < 1.29 is 17.9 Å². The molecule has 0 saturated heterocycles. The SMILES string of the molecule is O=C(CCNS(=O)(=O)c1c(Cl)cccc1Cl)OCc1ccccc1Cl. The van der Waals surface area contributed by atoms with Crippen LogP contribution in [0.2, 0.25) is 15.1 Å². The van der Waals surface area contributed by atoms with Gasteiger partial charge in [0.15, 0.2) is 0 Å². The number of rotatable bonds is 7. The number of benzene rings is 2. The van der Waals surface area contributed by atoms with Crippen LogP contribution in [-0.2, 0) is 26.2 Å². The Morgan fingerprint density at radius 2 is 1.56 bits per heavy atom. The molecule has 2 aromatic rings. The van der Waals surface area contributed by atoms with E-state index in [1.54, 1.807) is 24.3 Å². The van der Waals surface area contributed by atoms with E-state index in [1.807, 2.05) is 0 Å². The van der Waals surface area contributed by atoms with Gasteiger partial charge in [0.25, 0.3) is 0 Å². The minimum Gasteiger partial charge on any atom is -0.461 e. The van der Waals surface area contributed by atoms with Crippen LogP contribution in [0.5, 0.6) is 0 Å². The van der Waals surface area contributed by atoms with Gasteiger partial charge in [-0.3, -0.25) is 4.79 Å². The van der Waals surface area contributed by atoms with Crippen molar-refractivity contribution in [2.24, 2.45) is 0 Å². The molecule has 0 spiro atoms. The highest BCUT2D eigenvalue weighted by Gasteiger charge is 2.21. The number of esters is 1. The second-order valence-electron chi connectivity index (χ2n) is 4.95. The molecule has 2 aromatic carbocycles. The van der Waals surface area contributed by atoms with Crippen LogP contribution in [0, 0.1) is 0 Å². The molecule has 25 heavy (non-hydrogen) atoms. The lowest BCUT2D eigenvalue weighted by atomic mass is 10.2. The molecule has 0 fully saturated rings. The van der Waals surface area contributed by atoms with Gasteiger partial charge in [0.2, 0.25) is 10.0 Å². The van der Waals surface area contributed by atoms with Gasteiger partial charge in [0, 0.05) is 17.1 Å². The predicted molar refractivity (Wildman–Crippen MR) is 97.5 cm³/mol. The zero-order chi connectivity index (χ0) is 18.4. The number of halogens is 3. The van der Waals surface area contributed by atoms with Crippen molar-refractivity contribution in [1.29, 1.82) is 0 Å². The summed E-state index contributed by atoms with van der Waals surface area (Å²) in [5.74, 6) is -0.562. The monoisotopic (exact) mass is 421 g/mol. The summed E-state index contributed by atoms with van der Waals surface area (Å²) in [6, 6.07) is 11.3. The fourth-order valence-corrected chi connectivity index (χ4v) is 4.31. The molecule has 9 heteroatoms. The van der Waals surface area contributed by atoms with Gasteiger partial charge in [-0.05, 0) is 18.2 Å². The van der Waals surface area contributed by atoms with Crippen LogP contribution in [0.3, 0.4) is 0 Å². The van der Waals surface area contributed by atoms with E-state index in [-0.39, 0.29) is 34.5 Å². The first-order chi connectivity index (χ1) is 11.8. The Hall–Kier alpha value is -1.31. The van der Waals surface area contributed by atoms with Crippen molar-refractivity contribution >= 4 is 50.8 Å². The molecule has 2 rings (SSSR count). The summed E-state index contributed by atoms with van der Waals surface area (Å²) in [7, 11) is -3.93. The maximum atomic E-state index is 12.2. The van der Waals surface area contributed by atoms with E-state index >= 15 is 0 Å². The Bertz CT molecular complexity index is 851. The Kier molecular flexibility index (Phi) is 7.10. The van der Waals surface area contributed by atoms with Gasteiger partial charge in [-0.15, -0.1) is 0 Å².